The fraction of sp³-hybridized carbons (Fsp3) is 0.364. The van der Waals surface area contributed by atoms with Crippen LogP contribution in [0.4, 0.5) is 0 Å². The summed E-state index contributed by atoms with van der Waals surface area (Å²) in [5.74, 6) is 0. The van der Waals surface area contributed by atoms with Crippen molar-refractivity contribution in [2.24, 2.45) is 0 Å². The summed E-state index contributed by atoms with van der Waals surface area (Å²) in [5.41, 5.74) is 0.934. The molecule has 1 nitrogen and oxygen atoms in total. The number of aryl methyl sites for hydroxylation is 1. The zero-order chi connectivity index (χ0) is 10.7. The Kier molecular flexibility index (Phi) is 3.90. The molecular weight excluding hydrogens is 214 g/mol. The number of rotatable bonds is 3. The third-order valence-corrected chi connectivity index (χ3v) is 4.06. The van der Waals surface area contributed by atoms with Gasteiger partial charge in [0.15, 0.2) is 0 Å². The molecule has 0 unspecified atom stereocenters. The molecule has 1 N–H and O–H groups in total. The van der Waals surface area contributed by atoms with Gasteiger partial charge in [-0.3, -0.25) is 0 Å². The van der Waals surface area contributed by atoms with E-state index in [1.165, 1.54) is 11.1 Å². The lowest BCUT2D eigenvalue weighted by atomic mass is 10.2. The molecule has 0 aromatic carbocycles. The van der Waals surface area contributed by atoms with Gasteiger partial charge >= 0.3 is 0 Å². The molecular formula is C11H14ClNS. The van der Waals surface area contributed by atoms with Crippen molar-refractivity contribution in [3.05, 3.63) is 19.7 Å². The number of hydrogen-bond acceptors (Lipinski definition) is 2. The normalized spacial score (nSPS) is 12.8. The second-order valence-corrected chi connectivity index (χ2v) is 4.71. The predicted octanol–water partition coefficient (Wildman–Crippen LogP) is 2.58. The summed E-state index contributed by atoms with van der Waals surface area (Å²) in [7, 11) is 0. The van der Waals surface area contributed by atoms with E-state index in [0.29, 0.717) is 0 Å². The quantitative estimate of drug-likeness (QED) is 0.768. The van der Waals surface area contributed by atoms with E-state index in [4.69, 9.17) is 17.0 Å². The largest absolute Gasteiger partial charge is 0.308 e. The molecule has 0 atom stereocenters. The van der Waals surface area contributed by atoms with Crippen molar-refractivity contribution in [3.8, 4) is 0 Å². The molecule has 0 fully saturated rings. The van der Waals surface area contributed by atoms with Gasteiger partial charge in [-0.05, 0) is 18.9 Å². The third-order valence-electron chi connectivity index (χ3n) is 2.06. The zero-order valence-electron chi connectivity index (χ0n) is 8.48. The van der Waals surface area contributed by atoms with Gasteiger partial charge in [-0.2, -0.15) is 0 Å². The van der Waals surface area contributed by atoms with E-state index in [9.17, 15) is 0 Å². The van der Waals surface area contributed by atoms with E-state index < -0.39 is 0 Å². The van der Waals surface area contributed by atoms with Crippen molar-refractivity contribution in [2.45, 2.75) is 26.7 Å². The molecule has 0 bridgehead atoms. The Morgan fingerprint density at radius 1 is 1.64 bits per heavy atom. The zero-order valence-corrected chi connectivity index (χ0v) is 10.1. The first-order chi connectivity index (χ1) is 6.61. The molecule has 0 saturated carbocycles. The molecule has 1 rings (SSSR count). The summed E-state index contributed by atoms with van der Waals surface area (Å²) < 4.78 is 1.05. The van der Waals surface area contributed by atoms with Crippen LogP contribution in [0.5, 0.6) is 0 Å². The van der Waals surface area contributed by atoms with E-state index >= 15 is 0 Å². The highest BCUT2D eigenvalue weighted by Crippen LogP contribution is 2.16. The molecule has 14 heavy (non-hydrogen) atoms. The Hall–Kier alpha value is -0.600. The van der Waals surface area contributed by atoms with Crippen LogP contribution in [0.15, 0.2) is 0 Å². The first-order valence-corrected chi connectivity index (χ1v) is 5.78. The van der Waals surface area contributed by atoms with E-state index in [1.54, 1.807) is 11.3 Å². The first kappa shape index (κ1) is 11.5. The molecule has 0 radical (unpaired) electrons. The second kappa shape index (κ2) is 4.76. The van der Waals surface area contributed by atoms with Crippen LogP contribution in [0.25, 0.3) is 12.2 Å². The average Bonchev–Trinajstić information content (AvgIpc) is 2.46. The van der Waals surface area contributed by atoms with Crippen LogP contribution >= 0.6 is 22.9 Å². The third kappa shape index (κ3) is 2.07. The number of nitrogens with one attached hydrogen (secondary N) is 1. The Morgan fingerprint density at radius 2 is 2.29 bits per heavy atom. The Labute approximate surface area is 93.2 Å². The maximum atomic E-state index is 7.20. The molecule has 0 amide bonds. The smallest absolute Gasteiger partial charge is 0.0617 e. The van der Waals surface area contributed by atoms with E-state index in [1.807, 2.05) is 6.92 Å². The fourth-order valence-electron chi connectivity index (χ4n) is 1.27. The molecule has 3 heteroatoms. The standard InChI is InChI=1S/C11H14ClNS/c1-4-5-9-10(12)8(3)11(14-9)7(2)6-13/h6,13H,3-5H2,1-2H3/b11-7+,13-6?. The van der Waals surface area contributed by atoms with Crippen LogP contribution in [-0.4, -0.2) is 6.21 Å². The molecule has 1 heterocycles. The predicted molar refractivity (Wildman–Crippen MR) is 66.0 cm³/mol. The minimum Gasteiger partial charge on any atom is -0.308 e. The SMILES string of the molecule is C=c1c(Cl)c(CCC)s/c1=C(\C)C=N. The van der Waals surface area contributed by atoms with Gasteiger partial charge in [0.25, 0.3) is 0 Å². The summed E-state index contributed by atoms with van der Waals surface area (Å²) in [5, 5.41) is 8.86. The van der Waals surface area contributed by atoms with Gasteiger partial charge in [0, 0.05) is 20.8 Å². The highest BCUT2D eigenvalue weighted by atomic mass is 35.5. The molecule has 0 saturated heterocycles. The lowest BCUT2D eigenvalue weighted by molar-refractivity contribution is 0.939. The van der Waals surface area contributed by atoms with Crippen LogP contribution in [0.3, 0.4) is 0 Å². The van der Waals surface area contributed by atoms with Gasteiger partial charge in [-0.15, -0.1) is 11.3 Å². The minimum absolute atomic E-state index is 0.785. The summed E-state index contributed by atoms with van der Waals surface area (Å²) >= 11 is 7.81. The molecule has 0 aliphatic heterocycles. The van der Waals surface area contributed by atoms with Crippen molar-refractivity contribution >= 4 is 41.3 Å². The Balaban J connectivity index is 3.44. The molecule has 0 aliphatic rings. The lowest BCUT2D eigenvalue weighted by Crippen LogP contribution is -2.19. The van der Waals surface area contributed by atoms with Crippen molar-refractivity contribution < 1.29 is 0 Å². The highest BCUT2D eigenvalue weighted by molar-refractivity contribution is 7.10. The van der Waals surface area contributed by atoms with Crippen molar-refractivity contribution in [2.75, 3.05) is 0 Å². The van der Waals surface area contributed by atoms with Crippen molar-refractivity contribution in [1.29, 1.82) is 5.41 Å². The van der Waals surface area contributed by atoms with Crippen LogP contribution in [0.2, 0.25) is 5.02 Å². The molecule has 1 aromatic rings. The van der Waals surface area contributed by atoms with Gasteiger partial charge in [-0.25, -0.2) is 0 Å². The van der Waals surface area contributed by atoms with Crippen LogP contribution in [0, 0.1) is 5.41 Å². The molecule has 76 valence electrons. The summed E-state index contributed by atoms with van der Waals surface area (Å²) in [6, 6.07) is 0. The monoisotopic (exact) mass is 227 g/mol. The summed E-state index contributed by atoms with van der Waals surface area (Å²) in [4.78, 5) is 1.19. The van der Waals surface area contributed by atoms with Crippen LogP contribution < -0.4 is 9.75 Å². The van der Waals surface area contributed by atoms with E-state index in [0.717, 1.165) is 33.2 Å². The lowest BCUT2D eigenvalue weighted by Gasteiger charge is -1.91. The van der Waals surface area contributed by atoms with Gasteiger partial charge < -0.3 is 5.41 Å². The average molecular weight is 228 g/mol. The van der Waals surface area contributed by atoms with Gasteiger partial charge in [-0.1, -0.05) is 31.5 Å². The Morgan fingerprint density at radius 3 is 2.79 bits per heavy atom. The highest BCUT2D eigenvalue weighted by Gasteiger charge is 2.05. The summed E-state index contributed by atoms with van der Waals surface area (Å²) in [6.45, 7) is 7.99. The molecule has 0 spiro atoms. The summed E-state index contributed by atoms with van der Waals surface area (Å²) in [6.07, 6.45) is 3.44. The fourth-order valence-corrected chi connectivity index (χ4v) is 2.84. The first-order valence-electron chi connectivity index (χ1n) is 4.59. The maximum absolute atomic E-state index is 7.20. The van der Waals surface area contributed by atoms with Gasteiger partial charge in [0.2, 0.25) is 0 Å². The van der Waals surface area contributed by atoms with Crippen molar-refractivity contribution in [3.63, 3.8) is 0 Å². The minimum atomic E-state index is 0.785. The Bertz CT molecular complexity index is 445. The maximum Gasteiger partial charge on any atom is 0.0617 e. The van der Waals surface area contributed by atoms with Crippen LogP contribution in [-0.2, 0) is 6.42 Å². The van der Waals surface area contributed by atoms with Crippen molar-refractivity contribution in [1.82, 2.24) is 0 Å². The topological polar surface area (TPSA) is 23.9 Å². The van der Waals surface area contributed by atoms with Crippen LogP contribution in [0.1, 0.15) is 25.1 Å². The van der Waals surface area contributed by atoms with E-state index in [2.05, 4.69) is 13.5 Å². The number of halogens is 1. The number of hydrogen-bond donors (Lipinski definition) is 1. The molecule has 0 aliphatic carbocycles. The van der Waals surface area contributed by atoms with Gasteiger partial charge in [0.1, 0.15) is 0 Å². The second-order valence-electron chi connectivity index (χ2n) is 3.22. The number of thiophene rings is 1. The van der Waals surface area contributed by atoms with Gasteiger partial charge in [0.05, 0.1) is 5.02 Å². The van der Waals surface area contributed by atoms with E-state index in [-0.39, 0.29) is 0 Å². The molecule has 1 aromatic heterocycles.